The lowest BCUT2D eigenvalue weighted by Gasteiger charge is -2.19. The monoisotopic (exact) mass is 358 g/mol. The predicted octanol–water partition coefficient (Wildman–Crippen LogP) is 2.12. The van der Waals surface area contributed by atoms with Crippen molar-refractivity contribution in [2.45, 2.75) is 0 Å². The van der Waals surface area contributed by atoms with Crippen LogP contribution in [0, 0.1) is 5.82 Å². The molecule has 0 saturated carbocycles. The summed E-state index contributed by atoms with van der Waals surface area (Å²) < 4.78 is 13.0. The number of amides is 1. The number of hydroxylamine groups is 1. The van der Waals surface area contributed by atoms with Crippen LogP contribution in [-0.2, 0) is 14.4 Å². The molecule has 134 valence electrons. The van der Waals surface area contributed by atoms with Crippen molar-refractivity contribution in [1.29, 1.82) is 0 Å². The average Bonchev–Trinajstić information content (AvgIpc) is 2.64. The highest BCUT2D eigenvalue weighted by Gasteiger charge is 2.20. The number of aliphatic carboxylic acids is 1. The number of benzene rings is 2. The fourth-order valence-corrected chi connectivity index (χ4v) is 1.96. The maximum atomic E-state index is 13.0. The Morgan fingerprint density at radius 2 is 1.69 bits per heavy atom. The third-order valence-corrected chi connectivity index (χ3v) is 3.28. The standard InChI is InChI=1S/C18H15FN2O5/c1-21(14-9-7-13(19)8-10-14)17(24)15(11-16(22)23)20-26-18(25)12-5-3-2-4-6-12/h2-11,20H,1H3,(H,22,23)/b15-11-. The van der Waals surface area contributed by atoms with Gasteiger partial charge in [-0.3, -0.25) is 4.79 Å². The zero-order valence-electron chi connectivity index (χ0n) is 13.7. The lowest BCUT2D eigenvalue weighted by molar-refractivity contribution is -0.132. The number of hydrogen-bond acceptors (Lipinski definition) is 5. The Kier molecular flexibility index (Phi) is 6.05. The number of carbonyl (C=O) groups is 3. The fraction of sp³-hybridized carbons (Fsp3) is 0.0556. The van der Waals surface area contributed by atoms with Gasteiger partial charge in [0.15, 0.2) is 0 Å². The maximum absolute atomic E-state index is 13.0. The van der Waals surface area contributed by atoms with Crippen molar-refractivity contribution in [1.82, 2.24) is 5.48 Å². The first-order valence-corrected chi connectivity index (χ1v) is 7.39. The first-order chi connectivity index (χ1) is 12.4. The predicted molar refractivity (Wildman–Crippen MR) is 90.5 cm³/mol. The molecule has 1 amide bonds. The van der Waals surface area contributed by atoms with Gasteiger partial charge in [-0.05, 0) is 36.4 Å². The highest BCUT2D eigenvalue weighted by Crippen LogP contribution is 2.15. The van der Waals surface area contributed by atoms with Crippen molar-refractivity contribution in [3.05, 3.63) is 77.8 Å². The molecule has 0 bridgehead atoms. The summed E-state index contributed by atoms with van der Waals surface area (Å²) >= 11 is 0. The number of halogens is 1. The number of nitrogens with zero attached hydrogens (tertiary/aromatic N) is 1. The van der Waals surface area contributed by atoms with Gasteiger partial charge in [-0.15, -0.1) is 0 Å². The molecule has 0 aliphatic rings. The van der Waals surface area contributed by atoms with Crippen molar-refractivity contribution in [2.75, 3.05) is 11.9 Å². The normalized spacial score (nSPS) is 10.8. The summed E-state index contributed by atoms with van der Waals surface area (Å²) in [6.45, 7) is 0. The lowest BCUT2D eigenvalue weighted by atomic mass is 10.2. The summed E-state index contributed by atoms with van der Waals surface area (Å²) in [6.07, 6.45) is 0.570. The Morgan fingerprint density at radius 3 is 2.27 bits per heavy atom. The van der Waals surface area contributed by atoms with E-state index in [-0.39, 0.29) is 5.56 Å². The molecule has 0 radical (unpaired) electrons. The third kappa shape index (κ3) is 4.91. The summed E-state index contributed by atoms with van der Waals surface area (Å²) in [4.78, 5) is 41.2. The van der Waals surface area contributed by atoms with E-state index in [4.69, 9.17) is 9.94 Å². The van der Waals surface area contributed by atoms with Gasteiger partial charge in [-0.25, -0.2) is 19.5 Å². The summed E-state index contributed by atoms with van der Waals surface area (Å²) in [5.74, 6) is -3.48. The molecule has 0 atom stereocenters. The van der Waals surface area contributed by atoms with E-state index in [9.17, 15) is 18.8 Å². The number of carboxylic acid groups (broad SMARTS) is 1. The number of anilines is 1. The minimum absolute atomic E-state index is 0.217. The molecule has 7 nitrogen and oxygen atoms in total. The lowest BCUT2D eigenvalue weighted by Crippen LogP contribution is -2.35. The van der Waals surface area contributed by atoms with Crippen LogP contribution in [0.5, 0.6) is 0 Å². The molecule has 2 aromatic carbocycles. The van der Waals surface area contributed by atoms with Crippen molar-refractivity contribution < 1.29 is 28.7 Å². The highest BCUT2D eigenvalue weighted by molar-refractivity contribution is 6.07. The van der Waals surface area contributed by atoms with Crippen LogP contribution in [0.3, 0.4) is 0 Å². The number of rotatable bonds is 6. The van der Waals surface area contributed by atoms with Gasteiger partial charge in [0.05, 0.1) is 11.6 Å². The van der Waals surface area contributed by atoms with Crippen LogP contribution in [0.1, 0.15) is 10.4 Å². The number of hydrogen-bond donors (Lipinski definition) is 2. The molecule has 0 heterocycles. The molecule has 0 unspecified atom stereocenters. The van der Waals surface area contributed by atoms with Gasteiger partial charge >= 0.3 is 11.9 Å². The van der Waals surface area contributed by atoms with E-state index in [1.165, 1.54) is 31.3 Å². The molecule has 0 spiro atoms. The van der Waals surface area contributed by atoms with Gasteiger partial charge in [0, 0.05) is 12.7 Å². The van der Waals surface area contributed by atoms with Crippen LogP contribution in [-0.4, -0.2) is 30.0 Å². The van der Waals surface area contributed by atoms with Crippen LogP contribution in [0.15, 0.2) is 66.4 Å². The average molecular weight is 358 g/mol. The minimum Gasteiger partial charge on any atom is -0.478 e. The quantitative estimate of drug-likeness (QED) is 0.607. The van der Waals surface area contributed by atoms with Crippen molar-refractivity contribution >= 4 is 23.5 Å². The van der Waals surface area contributed by atoms with Crippen LogP contribution >= 0.6 is 0 Å². The second-order valence-corrected chi connectivity index (χ2v) is 5.09. The summed E-state index contributed by atoms with van der Waals surface area (Å²) in [5.41, 5.74) is 2.14. The number of nitrogens with one attached hydrogen (secondary N) is 1. The van der Waals surface area contributed by atoms with Crippen LogP contribution < -0.4 is 10.4 Å². The van der Waals surface area contributed by atoms with Gasteiger partial charge in [-0.1, -0.05) is 18.2 Å². The zero-order valence-corrected chi connectivity index (χ0v) is 13.7. The topological polar surface area (TPSA) is 95.9 Å². The molecule has 2 N–H and O–H groups in total. The van der Waals surface area contributed by atoms with Crippen molar-refractivity contribution in [2.24, 2.45) is 0 Å². The molecule has 0 saturated heterocycles. The van der Waals surface area contributed by atoms with Crippen LogP contribution in [0.2, 0.25) is 0 Å². The smallest absolute Gasteiger partial charge is 0.362 e. The minimum atomic E-state index is -1.41. The van der Waals surface area contributed by atoms with Crippen LogP contribution in [0.4, 0.5) is 10.1 Å². The summed E-state index contributed by atoms with van der Waals surface area (Å²) in [6, 6.07) is 13.0. The van der Waals surface area contributed by atoms with E-state index in [1.54, 1.807) is 18.2 Å². The summed E-state index contributed by atoms with van der Waals surface area (Å²) in [5, 5.41) is 8.93. The Balaban J connectivity index is 2.13. The zero-order chi connectivity index (χ0) is 19.1. The van der Waals surface area contributed by atoms with E-state index in [2.05, 4.69) is 5.48 Å². The number of carbonyl (C=O) groups excluding carboxylic acids is 2. The van der Waals surface area contributed by atoms with E-state index in [0.717, 1.165) is 17.0 Å². The first-order valence-electron chi connectivity index (χ1n) is 7.39. The molecule has 0 fully saturated rings. The maximum Gasteiger partial charge on any atom is 0.362 e. The molecular weight excluding hydrogens is 343 g/mol. The van der Waals surface area contributed by atoms with Gasteiger partial charge in [0.2, 0.25) is 0 Å². The second kappa shape index (κ2) is 8.43. The molecule has 8 heteroatoms. The third-order valence-electron chi connectivity index (χ3n) is 3.28. The molecular formula is C18H15FN2O5. The van der Waals surface area contributed by atoms with Gasteiger partial charge < -0.3 is 14.8 Å². The molecule has 2 rings (SSSR count). The largest absolute Gasteiger partial charge is 0.478 e. The van der Waals surface area contributed by atoms with E-state index >= 15 is 0 Å². The molecule has 2 aromatic rings. The van der Waals surface area contributed by atoms with Crippen LogP contribution in [0.25, 0.3) is 0 Å². The van der Waals surface area contributed by atoms with Gasteiger partial charge in [0.25, 0.3) is 5.91 Å². The molecule has 26 heavy (non-hydrogen) atoms. The molecule has 0 aliphatic heterocycles. The Hall–Kier alpha value is -3.68. The Morgan fingerprint density at radius 1 is 1.08 bits per heavy atom. The van der Waals surface area contributed by atoms with Gasteiger partial charge in [0.1, 0.15) is 11.5 Å². The fourth-order valence-electron chi connectivity index (χ4n) is 1.96. The van der Waals surface area contributed by atoms with Crippen molar-refractivity contribution in [3.8, 4) is 0 Å². The summed E-state index contributed by atoms with van der Waals surface area (Å²) in [7, 11) is 1.37. The first kappa shape index (κ1) is 18.7. The number of likely N-dealkylation sites (N-methyl/N-ethyl adjacent to an activating group) is 1. The highest BCUT2D eigenvalue weighted by atomic mass is 19.1. The molecule has 0 aromatic heterocycles. The van der Waals surface area contributed by atoms with Gasteiger partial charge in [-0.2, -0.15) is 0 Å². The van der Waals surface area contributed by atoms with Crippen molar-refractivity contribution in [3.63, 3.8) is 0 Å². The molecule has 0 aliphatic carbocycles. The van der Waals surface area contributed by atoms with E-state index in [0.29, 0.717) is 11.8 Å². The number of carboxylic acids is 1. The Bertz CT molecular complexity index is 834. The second-order valence-electron chi connectivity index (χ2n) is 5.09. The Labute approximate surface area is 148 Å². The SMILES string of the molecule is CN(C(=O)/C(=C/C(=O)O)NOC(=O)c1ccccc1)c1ccc(F)cc1. The van der Waals surface area contributed by atoms with E-state index < -0.39 is 29.4 Å². The van der Waals surface area contributed by atoms with E-state index in [1.807, 2.05) is 0 Å².